The molecular formula is C19H23F3N4O2. The van der Waals surface area contributed by atoms with Gasteiger partial charge in [0.15, 0.2) is 0 Å². The Morgan fingerprint density at radius 3 is 2.75 bits per heavy atom. The van der Waals surface area contributed by atoms with Gasteiger partial charge in [-0.3, -0.25) is 9.59 Å². The van der Waals surface area contributed by atoms with Crippen molar-refractivity contribution in [3.05, 3.63) is 29.6 Å². The number of carbonyl (C=O) groups is 2. The predicted octanol–water partition coefficient (Wildman–Crippen LogP) is 2.01. The third-order valence-electron chi connectivity index (χ3n) is 5.88. The monoisotopic (exact) mass is 396 g/mol. The van der Waals surface area contributed by atoms with Gasteiger partial charge in [-0.05, 0) is 49.4 Å². The summed E-state index contributed by atoms with van der Waals surface area (Å²) >= 11 is 0. The van der Waals surface area contributed by atoms with E-state index in [-0.39, 0.29) is 30.8 Å². The molecular weight excluding hydrogens is 373 g/mol. The smallest absolute Gasteiger partial charge is 0.242 e. The fourth-order valence-electron chi connectivity index (χ4n) is 4.40. The lowest BCUT2D eigenvalue weighted by Crippen LogP contribution is -2.57. The van der Waals surface area contributed by atoms with Crippen LogP contribution < -0.4 is 16.1 Å². The first-order valence-corrected chi connectivity index (χ1v) is 9.50. The summed E-state index contributed by atoms with van der Waals surface area (Å²) in [5.74, 6) is -2.36. The highest BCUT2D eigenvalue weighted by Crippen LogP contribution is 2.45. The Morgan fingerprint density at radius 2 is 2.11 bits per heavy atom. The van der Waals surface area contributed by atoms with Gasteiger partial charge in [-0.25, -0.2) is 23.6 Å². The zero-order valence-corrected chi connectivity index (χ0v) is 15.4. The second-order valence-corrected chi connectivity index (χ2v) is 7.92. The summed E-state index contributed by atoms with van der Waals surface area (Å²) in [6.07, 6.45) is -1.51. The van der Waals surface area contributed by atoms with Gasteiger partial charge in [-0.2, -0.15) is 0 Å². The Labute approximate surface area is 160 Å². The van der Waals surface area contributed by atoms with Crippen LogP contribution in [0.4, 0.5) is 18.9 Å². The van der Waals surface area contributed by atoms with Gasteiger partial charge in [0.25, 0.3) is 0 Å². The van der Waals surface area contributed by atoms with Crippen LogP contribution in [0.5, 0.6) is 0 Å². The number of anilines is 1. The largest absolute Gasteiger partial charge is 0.339 e. The maximum atomic E-state index is 13.6. The summed E-state index contributed by atoms with van der Waals surface area (Å²) < 4.78 is 40.4. The second kappa shape index (κ2) is 7.36. The van der Waals surface area contributed by atoms with Crippen molar-refractivity contribution in [2.24, 2.45) is 17.8 Å². The zero-order chi connectivity index (χ0) is 20.0. The maximum absolute atomic E-state index is 13.6. The summed E-state index contributed by atoms with van der Waals surface area (Å²) in [6.45, 7) is 1.57. The number of piperidine rings is 1. The van der Waals surface area contributed by atoms with Crippen LogP contribution in [0.3, 0.4) is 0 Å². The molecule has 2 saturated heterocycles. The van der Waals surface area contributed by atoms with Crippen molar-refractivity contribution in [3.63, 3.8) is 0 Å². The maximum Gasteiger partial charge on any atom is 0.242 e. The van der Waals surface area contributed by atoms with Gasteiger partial charge in [0.2, 0.25) is 18.2 Å². The van der Waals surface area contributed by atoms with Gasteiger partial charge in [0, 0.05) is 30.0 Å². The highest BCUT2D eigenvalue weighted by molar-refractivity contribution is 5.93. The number of alkyl halides is 2. The second-order valence-electron chi connectivity index (χ2n) is 7.92. The summed E-state index contributed by atoms with van der Waals surface area (Å²) in [4.78, 5) is 24.5. The summed E-state index contributed by atoms with van der Waals surface area (Å²) in [6, 6.07) is 3.87. The van der Waals surface area contributed by atoms with Crippen LogP contribution in [-0.2, 0) is 9.59 Å². The first kappa shape index (κ1) is 19.2. The highest BCUT2D eigenvalue weighted by atomic mass is 19.3. The molecule has 1 aromatic rings. The van der Waals surface area contributed by atoms with Gasteiger partial charge >= 0.3 is 0 Å². The van der Waals surface area contributed by atoms with E-state index >= 15 is 0 Å². The SMILES string of the molecule is Cc1cc(F)ccc1NC(=O)CN1NC(C2CC2)C2C(C(F)F)CC(=O)NC21. The molecule has 1 saturated carbocycles. The summed E-state index contributed by atoms with van der Waals surface area (Å²) in [5.41, 5.74) is 4.27. The van der Waals surface area contributed by atoms with Crippen LogP contribution in [0.15, 0.2) is 18.2 Å². The molecule has 4 unspecified atom stereocenters. The van der Waals surface area contributed by atoms with Gasteiger partial charge in [-0.15, -0.1) is 0 Å². The van der Waals surface area contributed by atoms with Crippen molar-refractivity contribution in [2.45, 2.75) is 44.8 Å². The molecule has 0 radical (unpaired) electrons. The molecule has 28 heavy (non-hydrogen) atoms. The van der Waals surface area contributed by atoms with Gasteiger partial charge in [-0.1, -0.05) is 0 Å². The van der Waals surface area contributed by atoms with Crippen LogP contribution in [0.25, 0.3) is 0 Å². The molecule has 4 rings (SSSR count). The third kappa shape index (κ3) is 3.73. The van der Waals surface area contributed by atoms with Crippen molar-refractivity contribution in [1.82, 2.24) is 15.8 Å². The molecule has 3 fully saturated rings. The number of halogens is 3. The van der Waals surface area contributed by atoms with E-state index in [0.29, 0.717) is 11.3 Å². The molecule has 0 spiro atoms. The number of amides is 2. The van der Waals surface area contributed by atoms with Crippen LogP contribution >= 0.6 is 0 Å². The summed E-state index contributed by atoms with van der Waals surface area (Å²) in [5, 5.41) is 7.06. The Hall–Kier alpha value is -2.13. The molecule has 2 aliphatic heterocycles. The molecule has 1 aromatic carbocycles. The Morgan fingerprint density at radius 1 is 1.36 bits per heavy atom. The molecule has 1 aliphatic carbocycles. The van der Waals surface area contributed by atoms with Crippen molar-refractivity contribution in [3.8, 4) is 0 Å². The van der Waals surface area contributed by atoms with Crippen molar-refractivity contribution in [2.75, 3.05) is 11.9 Å². The van der Waals surface area contributed by atoms with Crippen molar-refractivity contribution >= 4 is 17.5 Å². The molecule has 2 amide bonds. The number of hydrogen-bond donors (Lipinski definition) is 3. The number of aryl methyl sites for hydroxylation is 1. The number of benzene rings is 1. The molecule has 3 aliphatic rings. The molecule has 6 nitrogen and oxygen atoms in total. The minimum Gasteiger partial charge on any atom is -0.339 e. The molecule has 3 N–H and O–H groups in total. The zero-order valence-electron chi connectivity index (χ0n) is 15.4. The predicted molar refractivity (Wildman–Crippen MR) is 95.7 cm³/mol. The number of hydrazine groups is 1. The highest BCUT2D eigenvalue weighted by Gasteiger charge is 2.56. The van der Waals surface area contributed by atoms with Crippen molar-refractivity contribution in [1.29, 1.82) is 0 Å². The van der Waals surface area contributed by atoms with E-state index in [4.69, 9.17) is 0 Å². The molecule has 2 heterocycles. The lowest BCUT2D eigenvalue weighted by Gasteiger charge is -2.37. The number of fused-ring (bicyclic) bond motifs is 1. The minimum atomic E-state index is -2.59. The average Bonchev–Trinajstić information content (AvgIpc) is 3.40. The van der Waals surface area contributed by atoms with E-state index in [1.807, 2.05) is 0 Å². The van der Waals surface area contributed by atoms with E-state index in [2.05, 4.69) is 16.1 Å². The molecule has 152 valence electrons. The number of nitrogens with one attached hydrogen (secondary N) is 3. The van der Waals surface area contributed by atoms with Gasteiger partial charge in [0.05, 0.1) is 6.54 Å². The third-order valence-corrected chi connectivity index (χ3v) is 5.88. The average molecular weight is 396 g/mol. The van der Waals surface area contributed by atoms with Crippen LogP contribution in [0.1, 0.15) is 24.8 Å². The Balaban J connectivity index is 1.49. The lowest BCUT2D eigenvalue weighted by molar-refractivity contribution is -0.133. The van der Waals surface area contributed by atoms with Crippen LogP contribution in [0, 0.1) is 30.5 Å². The number of nitrogens with zero attached hydrogens (tertiary/aromatic N) is 1. The normalized spacial score (nSPS) is 30.2. The fraction of sp³-hybridized carbons (Fsp3) is 0.579. The van der Waals surface area contributed by atoms with Gasteiger partial charge < -0.3 is 10.6 Å². The van der Waals surface area contributed by atoms with Crippen LogP contribution in [0.2, 0.25) is 0 Å². The van der Waals surface area contributed by atoms with E-state index in [9.17, 15) is 22.8 Å². The Bertz CT molecular complexity index is 786. The standard InChI is InChI=1S/C19H23F3N4O2/c1-9-6-11(20)4-5-13(9)23-15(28)8-26-19-16(17(25-26)10-2-3-10)12(18(21)22)7-14(27)24-19/h4-6,10,12,16-19,25H,2-3,7-8H2,1H3,(H,23,28)(H,24,27). The first-order valence-electron chi connectivity index (χ1n) is 9.50. The molecule has 0 bridgehead atoms. The molecule has 9 heteroatoms. The van der Waals surface area contributed by atoms with Gasteiger partial charge in [0.1, 0.15) is 12.0 Å². The van der Waals surface area contributed by atoms with E-state index in [0.717, 1.165) is 12.8 Å². The minimum absolute atomic E-state index is 0.114. The van der Waals surface area contributed by atoms with E-state index < -0.39 is 36.2 Å². The first-order chi connectivity index (χ1) is 13.3. The summed E-state index contributed by atoms with van der Waals surface area (Å²) in [7, 11) is 0. The van der Waals surface area contributed by atoms with E-state index in [1.54, 1.807) is 11.9 Å². The number of carbonyl (C=O) groups excluding carboxylic acids is 2. The lowest BCUT2D eigenvalue weighted by atomic mass is 9.78. The Kier molecular flexibility index (Phi) is 5.05. The number of hydrogen-bond acceptors (Lipinski definition) is 4. The number of rotatable bonds is 5. The van der Waals surface area contributed by atoms with E-state index in [1.165, 1.54) is 18.2 Å². The van der Waals surface area contributed by atoms with Crippen molar-refractivity contribution < 1.29 is 22.8 Å². The van der Waals surface area contributed by atoms with Crippen LogP contribution in [-0.4, -0.2) is 42.0 Å². The quantitative estimate of drug-likeness (QED) is 0.712. The fourth-order valence-corrected chi connectivity index (χ4v) is 4.40. The topological polar surface area (TPSA) is 73.5 Å². The molecule has 4 atom stereocenters. The molecule has 0 aromatic heterocycles.